The number of hydrogen-bond donors (Lipinski definition) is 0. The van der Waals surface area contributed by atoms with Gasteiger partial charge in [-0.2, -0.15) is 9.47 Å². The average Bonchev–Trinajstić information content (AvgIpc) is 3.29. The van der Waals surface area contributed by atoms with Crippen LogP contribution in [0, 0.1) is 6.92 Å². The lowest BCUT2D eigenvalue weighted by Gasteiger charge is -2.36. The Balaban J connectivity index is 1.18. The van der Waals surface area contributed by atoms with Crippen LogP contribution in [0.15, 0.2) is 24.3 Å². The SMILES string of the molecule is Cc1c2c(nn1C)CCN(CCN1CCN(c3nsc4ccccc34)CC1)C2=O. The molecule has 1 fully saturated rings. The van der Waals surface area contributed by atoms with Crippen molar-refractivity contribution in [1.82, 2.24) is 24.0 Å². The highest BCUT2D eigenvalue weighted by molar-refractivity contribution is 7.13. The molecule has 7 nitrogen and oxygen atoms in total. The van der Waals surface area contributed by atoms with E-state index in [0.717, 1.165) is 75.0 Å². The first-order chi connectivity index (χ1) is 14.1. The van der Waals surface area contributed by atoms with E-state index in [1.807, 2.05) is 23.6 Å². The minimum Gasteiger partial charge on any atom is -0.353 e. The van der Waals surface area contributed by atoms with Crippen LogP contribution < -0.4 is 4.90 Å². The van der Waals surface area contributed by atoms with Crippen molar-refractivity contribution < 1.29 is 4.79 Å². The maximum atomic E-state index is 12.9. The van der Waals surface area contributed by atoms with Crippen LogP contribution in [0.1, 0.15) is 21.7 Å². The van der Waals surface area contributed by atoms with Crippen LogP contribution >= 0.6 is 11.5 Å². The number of carbonyl (C=O) groups excluding carboxylic acids is 1. The topological polar surface area (TPSA) is 57.5 Å². The molecule has 3 aromatic rings. The van der Waals surface area contributed by atoms with E-state index in [1.54, 1.807) is 11.5 Å². The number of rotatable bonds is 4. The summed E-state index contributed by atoms with van der Waals surface area (Å²) in [6.45, 7) is 8.43. The summed E-state index contributed by atoms with van der Waals surface area (Å²) in [5.74, 6) is 1.26. The van der Waals surface area contributed by atoms with Gasteiger partial charge in [-0.25, -0.2) is 0 Å². The summed E-state index contributed by atoms with van der Waals surface area (Å²) >= 11 is 1.58. The van der Waals surface area contributed by atoms with Crippen molar-refractivity contribution in [2.24, 2.45) is 7.05 Å². The van der Waals surface area contributed by atoms with Gasteiger partial charge in [0.2, 0.25) is 0 Å². The third-order valence-electron chi connectivity index (χ3n) is 6.24. The number of carbonyl (C=O) groups is 1. The second kappa shape index (κ2) is 7.42. The maximum absolute atomic E-state index is 12.9. The van der Waals surface area contributed by atoms with E-state index in [2.05, 4.69) is 39.2 Å². The lowest BCUT2D eigenvalue weighted by molar-refractivity contribution is 0.0716. The van der Waals surface area contributed by atoms with Crippen LogP contribution in [0.5, 0.6) is 0 Å². The molecule has 2 aromatic heterocycles. The zero-order chi connectivity index (χ0) is 20.0. The van der Waals surface area contributed by atoms with Crippen LogP contribution in [-0.2, 0) is 13.5 Å². The van der Waals surface area contributed by atoms with Gasteiger partial charge in [0.1, 0.15) is 5.82 Å². The van der Waals surface area contributed by atoms with Crippen LogP contribution in [0.4, 0.5) is 5.82 Å². The van der Waals surface area contributed by atoms with E-state index in [-0.39, 0.29) is 5.91 Å². The number of nitrogens with zero attached hydrogens (tertiary/aromatic N) is 6. The minimum atomic E-state index is 0.143. The fourth-order valence-electron chi connectivity index (χ4n) is 4.39. The molecule has 1 amide bonds. The number of hydrogen-bond acceptors (Lipinski definition) is 6. The summed E-state index contributed by atoms with van der Waals surface area (Å²) < 4.78 is 7.77. The minimum absolute atomic E-state index is 0.143. The number of amides is 1. The number of aromatic nitrogens is 3. The summed E-state index contributed by atoms with van der Waals surface area (Å²) in [5.41, 5.74) is 2.74. The smallest absolute Gasteiger partial charge is 0.257 e. The Kier molecular flexibility index (Phi) is 4.75. The fourth-order valence-corrected chi connectivity index (χ4v) is 5.19. The molecule has 0 radical (unpaired) electrons. The van der Waals surface area contributed by atoms with Gasteiger partial charge in [0.05, 0.1) is 16.0 Å². The van der Waals surface area contributed by atoms with Crippen molar-refractivity contribution in [1.29, 1.82) is 0 Å². The van der Waals surface area contributed by atoms with Gasteiger partial charge in [-0.1, -0.05) is 12.1 Å². The number of aryl methyl sites for hydroxylation is 1. The average molecular weight is 411 g/mol. The Hall–Kier alpha value is -2.45. The molecule has 0 spiro atoms. The predicted octanol–water partition coefficient (Wildman–Crippen LogP) is 2.16. The number of fused-ring (bicyclic) bond motifs is 2. The van der Waals surface area contributed by atoms with Crippen molar-refractivity contribution in [2.75, 3.05) is 50.7 Å². The zero-order valence-electron chi connectivity index (χ0n) is 17.0. The second-order valence-corrected chi connectivity index (χ2v) is 8.71. The van der Waals surface area contributed by atoms with Crippen molar-refractivity contribution in [3.05, 3.63) is 41.2 Å². The standard InChI is InChI=1S/C21H26N6OS/c1-15-19-17(22-24(15)2)7-8-27(21(19)28)14-11-25-9-12-26(13-10-25)20-16-5-3-4-6-18(16)29-23-20/h3-6H,7-14H2,1-2H3. The monoisotopic (exact) mass is 410 g/mol. The van der Waals surface area contributed by atoms with Crippen molar-refractivity contribution in [3.8, 4) is 0 Å². The van der Waals surface area contributed by atoms with Gasteiger partial charge in [-0.15, -0.1) is 0 Å². The van der Waals surface area contributed by atoms with Crippen molar-refractivity contribution >= 4 is 33.3 Å². The number of benzene rings is 1. The molecule has 29 heavy (non-hydrogen) atoms. The summed E-state index contributed by atoms with van der Waals surface area (Å²) in [4.78, 5) is 19.7. The molecule has 5 rings (SSSR count). The molecule has 0 saturated carbocycles. The van der Waals surface area contributed by atoms with E-state index < -0.39 is 0 Å². The molecule has 1 aromatic carbocycles. The Morgan fingerprint density at radius 3 is 2.69 bits per heavy atom. The zero-order valence-corrected chi connectivity index (χ0v) is 17.8. The van der Waals surface area contributed by atoms with Gasteiger partial charge in [0.25, 0.3) is 5.91 Å². The maximum Gasteiger partial charge on any atom is 0.257 e. The van der Waals surface area contributed by atoms with E-state index in [0.29, 0.717) is 0 Å². The van der Waals surface area contributed by atoms with E-state index in [4.69, 9.17) is 4.37 Å². The molecule has 0 unspecified atom stereocenters. The van der Waals surface area contributed by atoms with E-state index in [1.165, 1.54) is 10.1 Å². The van der Waals surface area contributed by atoms with Gasteiger partial charge in [0, 0.05) is 70.4 Å². The molecule has 0 bridgehead atoms. The van der Waals surface area contributed by atoms with Gasteiger partial charge in [-0.05, 0) is 30.6 Å². The largest absolute Gasteiger partial charge is 0.353 e. The van der Waals surface area contributed by atoms with Crippen molar-refractivity contribution in [2.45, 2.75) is 13.3 Å². The molecule has 2 aliphatic rings. The van der Waals surface area contributed by atoms with Crippen LogP contribution in [0.2, 0.25) is 0 Å². The van der Waals surface area contributed by atoms with Gasteiger partial charge < -0.3 is 9.80 Å². The second-order valence-electron chi connectivity index (χ2n) is 7.90. The number of anilines is 1. The molecule has 4 heterocycles. The molecule has 0 aliphatic carbocycles. The quantitative estimate of drug-likeness (QED) is 0.660. The Bertz CT molecular complexity index is 1050. The first-order valence-corrected chi connectivity index (χ1v) is 11.0. The summed E-state index contributed by atoms with van der Waals surface area (Å²) in [7, 11) is 1.91. The Labute approximate surface area is 174 Å². The first-order valence-electron chi connectivity index (χ1n) is 10.3. The van der Waals surface area contributed by atoms with Crippen LogP contribution in [-0.4, -0.2) is 75.7 Å². The molecule has 152 valence electrons. The van der Waals surface area contributed by atoms with Crippen LogP contribution in [0.3, 0.4) is 0 Å². The lowest BCUT2D eigenvalue weighted by atomic mass is 10.0. The third kappa shape index (κ3) is 3.30. The highest BCUT2D eigenvalue weighted by Crippen LogP contribution is 2.29. The highest BCUT2D eigenvalue weighted by atomic mass is 32.1. The van der Waals surface area contributed by atoms with Gasteiger partial charge in [-0.3, -0.25) is 14.4 Å². The van der Waals surface area contributed by atoms with Gasteiger partial charge in [0.15, 0.2) is 0 Å². The molecule has 8 heteroatoms. The van der Waals surface area contributed by atoms with Gasteiger partial charge >= 0.3 is 0 Å². The molecule has 0 N–H and O–H groups in total. The molecule has 2 aliphatic heterocycles. The first kappa shape index (κ1) is 18.6. The molecule has 0 atom stereocenters. The fraction of sp³-hybridized carbons (Fsp3) is 0.476. The normalized spacial score (nSPS) is 17.9. The molecule has 1 saturated heterocycles. The van der Waals surface area contributed by atoms with Crippen molar-refractivity contribution in [3.63, 3.8) is 0 Å². The highest BCUT2D eigenvalue weighted by Gasteiger charge is 2.30. The summed E-state index contributed by atoms with van der Waals surface area (Å²) in [5, 5.41) is 5.74. The lowest BCUT2D eigenvalue weighted by Crippen LogP contribution is -2.49. The number of piperazine rings is 1. The summed E-state index contributed by atoms with van der Waals surface area (Å²) in [6, 6.07) is 8.45. The van der Waals surface area contributed by atoms with E-state index in [9.17, 15) is 4.79 Å². The van der Waals surface area contributed by atoms with E-state index >= 15 is 0 Å². The molecular weight excluding hydrogens is 384 g/mol. The predicted molar refractivity (Wildman–Crippen MR) is 116 cm³/mol. The third-order valence-corrected chi connectivity index (χ3v) is 7.06. The summed E-state index contributed by atoms with van der Waals surface area (Å²) in [6.07, 6.45) is 0.855. The molecular formula is C21H26N6OS. The Morgan fingerprint density at radius 2 is 1.86 bits per heavy atom. The Morgan fingerprint density at radius 1 is 1.07 bits per heavy atom. The van der Waals surface area contributed by atoms with Crippen LogP contribution in [0.25, 0.3) is 10.1 Å².